The Labute approximate surface area is 157 Å². The summed E-state index contributed by atoms with van der Waals surface area (Å²) < 4.78 is 1.85. The van der Waals surface area contributed by atoms with Crippen LogP contribution in [0.25, 0.3) is 0 Å². The number of amides is 2. The average Bonchev–Trinajstić information content (AvgIpc) is 3.19. The van der Waals surface area contributed by atoms with Crippen LogP contribution in [0.5, 0.6) is 0 Å². The zero-order valence-corrected chi connectivity index (χ0v) is 14.8. The highest BCUT2D eigenvalue weighted by atomic mass is 16.2. The number of carbonyl (C=O) groups excluding carboxylic acids is 2. The average molecular weight is 360 g/mol. The number of nitrogens with zero attached hydrogens (tertiary/aromatic N) is 2. The van der Waals surface area contributed by atoms with Crippen molar-refractivity contribution >= 4 is 17.5 Å². The molecule has 2 amide bonds. The fourth-order valence-electron chi connectivity index (χ4n) is 3.40. The topological polar surface area (TPSA) is 76.0 Å². The molecule has 6 heteroatoms. The Kier molecular flexibility index (Phi) is 4.70. The van der Waals surface area contributed by atoms with Gasteiger partial charge in [-0.3, -0.25) is 14.3 Å². The van der Waals surface area contributed by atoms with E-state index in [9.17, 15) is 9.59 Å². The molecule has 27 heavy (non-hydrogen) atoms. The predicted molar refractivity (Wildman–Crippen MR) is 102 cm³/mol. The molecular formula is C21H20N4O2. The highest BCUT2D eigenvalue weighted by Crippen LogP contribution is 2.32. The summed E-state index contributed by atoms with van der Waals surface area (Å²) >= 11 is 0. The molecule has 0 saturated carbocycles. The monoisotopic (exact) mass is 360 g/mol. The Morgan fingerprint density at radius 1 is 1.11 bits per heavy atom. The van der Waals surface area contributed by atoms with Crippen molar-refractivity contribution in [3.63, 3.8) is 0 Å². The van der Waals surface area contributed by atoms with Crippen LogP contribution in [0.3, 0.4) is 0 Å². The summed E-state index contributed by atoms with van der Waals surface area (Å²) in [6.07, 6.45) is 3.82. The van der Waals surface area contributed by atoms with Crippen LogP contribution in [0.15, 0.2) is 67.0 Å². The molecule has 2 aromatic carbocycles. The molecule has 0 spiro atoms. The molecule has 2 N–H and O–H groups in total. The van der Waals surface area contributed by atoms with Gasteiger partial charge in [-0.25, -0.2) is 0 Å². The molecular weight excluding hydrogens is 340 g/mol. The van der Waals surface area contributed by atoms with Crippen molar-refractivity contribution < 1.29 is 9.59 Å². The van der Waals surface area contributed by atoms with Gasteiger partial charge in [-0.15, -0.1) is 0 Å². The van der Waals surface area contributed by atoms with Gasteiger partial charge in [-0.2, -0.15) is 5.10 Å². The first-order valence-corrected chi connectivity index (χ1v) is 8.91. The maximum absolute atomic E-state index is 12.8. The van der Waals surface area contributed by atoms with E-state index in [0.717, 1.165) is 16.7 Å². The number of benzene rings is 2. The highest BCUT2D eigenvalue weighted by Gasteiger charge is 2.30. The molecule has 1 aromatic heterocycles. The van der Waals surface area contributed by atoms with Gasteiger partial charge in [0.05, 0.1) is 12.5 Å². The third-order valence-corrected chi connectivity index (χ3v) is 4.78. The molecule has 6 nitrogen and oxygen atoms in total. The molecule has 0 aliphatic carbocycles. The largest absolute Gasteiger partial charge is 0.351 e. The number of nitrogens with one attached hydrogen (secondary N) is 2. The molecule has 0 fully saturated rings. The lowest BCUT2D eigenvalue weighted by atomic mass is 9.89. The molecule has 1 unspecified atom stereocenters. The summed E-state index contributed by atoms with van der Waals surface area (Å²) in [5.41, 5.74) is 3.71. The van der Waals surface area contributed by atoms with E-state index in [1.165, 1.54) is 0 Å². The van der Waals surface area contributed by atoms with Crippen molar-refractivity contribution in [1.29, 1.82) is 0 Å². The maximum Gasteiger partial charge on any atom is 0.228 e. The SMILES string of the molecule is O=C1CC(C(=O)NCc2ccccc2Cn2cccn2)c2ccccc2N1. The first kappa shape index (κ1) is 17.0. The summed E-state index contributed by atoms with van der Waals surface area (Å²) in [6, 6.07) is 17.3. The standard InChI is InChI=1S/C21H20N4O2/c26-20-12-18(17-8-3-4-9-19(17)24-20)21(27)22-13-15-6-1-2-7-16(15)14-25-11-5-10-23-25/h1-11,18H,12-14H2,(H,22,27)(H,24,26). The fourth-order valence-corrected chi connectivity index (χ4v) is 3.40. The lowest BCUT2D eigenvalue weighted by Gasteiger charge is -2.25. The molecule has 0 bridgehead atoms. The van der Waals surface area contributed by atoms with Crippen LogP contribution in [0, 0.1) is 0 Å². The summed E-state index contributed by atoms with van der Waals surface area (Å²) in [5.74, 6) is -0.729. The Hall–Kier alpha value is -3.41. The van der Waals surface area contributed by atoms with Gasteiger partial charge in [-0.1, -0.05) is 42.5 Å². The molecule has 0 saturated heterocycles. The van der Waals surface area contributed by atoms with Crippen molar-refractivity contribution in [2.45, 2.75) is 25.4 Å². The second kappa shape index (κ2) is 7.45. The van der Waals surface area contributed by atoms with E-state index in [4.69, 9.17) is 0 Å². The van der Waals surface area contributed by atoms with E-state index in [0.29, 0.717) is 18.8 Å². The first-order chi connectivity index (χ1) is 13.2. The number of para-hydroxylation sites is 1. The Morgan fingerprint density at radius 3 is 2.70 bits per heavy atom. The molecule has 0 radical (unpaired) electrons. The van der Waals surface area contributed by atoms with Crippen molar-refractivity contribution in [2.75, 3.05) is 5.32 Å². The molecule has 2 heterocycles. The fraction of sp³-hybridized carbons (Fsp3) is 0.190. The van der Waals surface area contributed by atoms with Crippen LogP contribution < -0.4 is 10.6 Å². The molecule has 1 atom stereocenters. The van der Waals surface area contributed by atoms with Gasteiger partial charge >= 0.3 is 0 Å². The Balaban J connectivity index is 1.48. The van der Waals surface area contributed by atoms with Crippen molar-refractivity contribution in [2.24, 2.45) is 0 Å². The molecule has 1 aliphatic rings. The van der Waals surface area contributed by atoms with Gasteiger partial charge in [0.2, 0.25) is 11.8 Å². The molecule has 1 aliphatic heterocycles. The summed E-state index contributed by atoms with van der Waals surface area (Å²) in [4.78, 5) is 24.7. The number of hydrogen-bond donors (Lipinski definition) is 2. The third kappa shape index (κ3) is 3.74. The van der Waals surface area contributed by atoms with E-state index in [1.807, 2.05) is 65.5 Å². The molecule has 3 aromatic rings. The van der Waals surface area contributed by atoms with Crippen molar-refractivity contribution in [3.8, 4) is 0 Å². The number of carbonyl (C=O) groups is 2. The minimum atomic E-state index is -0.465. The summed E-state index contributed by atoms with van der Waals surface area (Å²) in [6.45, 7) is 1.06. The molecule has 136 valence electrons. The van der Waals surface area contributed by atoms with Crippen LogP contribution >= 0.6 is 0 Å². The van der Waals surface area contributed by atoms with Crippen LogP contribution in [-0.2, 0) is 22.7 Å². The van der Waals surface area contributed by atoms with Crippen LogP contribution in [0.4, 0.5) is 5.69 Å². The Morgan fingerprint density at radius 2 is 1.89 bits per heavy atom. The zero-order chi connectivity index (χ0) is 18.6. The van der Waals surface area contributed by atoms with Crippen LogP contribution in [0.2, 0.25) is 0 Å². The van der Waals surface area contributed by atoms with Gasteiger partial charge in [0.1, 0.15) is 0 Å². The van der Waals surface area contributed by atoms with Crippen LogP contribution in [0.1, 0.15) is 29.0 Å². The number of aromatic nitrogens is 2. The van der Waals surface area contributed by atoms with Gasteiger partial charge in [0.25, 0.3) is 0 Å². The van der Waals surface area contributed by atoms with E-state index in [1.54, 1.807) is 6.20 Å². The first-order valence-electron chi connectivity index (χ1n) is 8.91. The Bertz CT molecular complexity index is 966. The van der Waals surface area contributed by atoms with E-state index in [2.05, 4.69) is 15.7 Å². The summed E-state index contributed by atoms with van der Waals surface area (Å²) in [5, 5.41) is 10.1. The minimum absolute atomic E-state index is 0.132. The van der Waals surface area contributed by atoms with Crippen molar-refractivity contribution in [3.05, 3.63) is 83.7 Å². The van der Waals surface area contributed by atoms with Gasteiger partial charge in [-0.05, 0) is 28.8 Å². The second-order valence-corrected chi connectivity index (χ2v) is 6.58. The number of fused-ring (bicyclic) bond motifs is 1. The molecule has 4 rings (SSSR count). The minimum Gasteiger partial charge on any atom is -0.351 e. The van der Waals surface area contributed by atoms with E-state index < -0.39 is 5.92 Å². The van der Waals surface area contributed by atoms with E-state index >= 15 is 0 Å². The normalized spacial score (nSPS) is 15.7. The zero-order valence-electron chi connectivity index (χ0n) is 14.8. The number of rotatable bonds is 5. The third-order valence-electron chi connectivity index (χ3n) is 4.78. The maximum atomic E-state index is 12.8. The quantitative estimate of drug-likeness (QED) is 0.734. The smallest absolute Gasteiger partial charge is 0.228 e. The predicted octanol–water partition coefficient (Wildman–Crippen LogP) is 2.67. The van der Waals surface area contributed by atoms with E-state index in [-0.39, 0.29) is 18.2 Å². The lowest BCUT2D eigenvalue weighted by molar-refractivity contribution is -0.126. The second-order valence-electron chi connectivity index (χ2n) is 6.58. The van der Waals surface area contributed by atoms with Crippen molar-refractivity contribution in [1.82, 2.24) is 15.1 Å². The lowest BCUT2D eigenvalue weighted by Crippen LogP contribution is -2.34. The van der Waals surface area contributed by atoms with Gasteiger partial charge in [0.15, 0.2) is 0 Å². The van der Waals surface area contributed by atoms with Gasteiger partial charge < -0.3 is 10.6 Å². The van der Waals surface area contributed by atoms with Gasteiger partial charge in [0, 0.05) is 31.0 Å². The number of hydrogen-bond acceptors (Lipinski definition) is 3. The highest BCUT2D eigenvalue weighted by molar-refractivity contribution is 6.01. The summed E-state index contributed by atoms with van der Waals surface area (Å²) in [7, 11) is 0. The van der Waals surface area contributed by atoms with Crippen LogP contribution in [-0.4, -0.2) is 21.6 Å². The number of anilines is 1.